The summed E-state index contributed by atoms with van der Waals surface area (Å²) in [6.07, 6.45) is 15.5. The van der Waals surface area contributed by atoms with Gasteiger partial charge in [-0.2, -0.15) is 0 Å². The van der Waals surface area contributed by atoms with Crippen LogP contribution in [0.1, 0.15) is 13.3 Å². The van der Waals surface area contributed by atoms with Crippen LogP contribution in [-0.2, 0) is 24.0 Å². The Balaban J connectivity index is 0.000000127. The Labute approximate surface area is 855 Å². The molecule has 34 heteroatoms. The summed E-state index contributed by atoms with van der Waals surface area (Å²) in [5.74, 6) is 4.19. The van der Waals surface area contributed by atoms with Crippen LogP contribution in [-0.4, -0.2) is 239 Å². The number of phenolic OH excluding ortho intramolecular Hbond substituents is 1. The standard InChI is InChI=1S/C23H22Cl2N4O.2C21H18Cl2N4O.C21H19ClN4O2.C21H19ClN4O/c1-3-17-13-28(9-10-29(17)22(30)4-2)23-19-11-18(15-5-7-16(24)8-6-15)20(25)12-21(19)26-14-27-23;1-2-20(28)26-6-8-27(9-7-26)21-17-11-18(23)16(12-19(17)24-13-25-21)14-4-3-5-15(22)10-14;1-2-20(28)26-7-9-27(10-8-26)21-16-11-18(23)15(12-19(16)24-13-25-21)14-5-3-4-6-17(14)22;1-2-20(28)25-7-9-26(10-8-25)21-16-11-17(22)15(12-18(16)23-13-24-21)14-5-3-4-6-19(14)27;1-2-20(27)25-9-11-26(12-10-25)21-18-13-16(5-8-19(18)23-14-24-21)15-3-6-17(22)7-4-15/h4-8,11-12,14,17H,2-3,9-10,13H2,1H3;2-5,10-13H,1,6-9H2;2-6,11-13H,1,7-10H2;2-6,11-13,27H,1,7-10H2;2-8,13-14H,1,9-12H2. The van der Waals surface area contributed by atoms with Crippen molar-refractivity contribution in [3.05, 3.63) is 323 Å². The number of rotatable bonds is 16. The SMILES string of the molecule is C=CC(=O)N1CCN(c2ncnc3cc(-c4cccc(Cl)c4)c(Cl)cc23)CC1.C=CC(=O)N1CCN(c2ncnc3cc(-c4ccccc4Cl)c(Cl)cc23)CC1.C=CC(=O)N1CCN(c2ncnc3cc(-c4ccccc4O)c(Cl)cc23)CC1.C=CC(=O)N1CCN(c2ncnc3cc(Cl)c(-c4ccc(Cl)cc4)cc23)CC1CC.C=CC(=O)N1CCN(c2ncnc3ccc(-c4ccc(Cl)cc4)cc23)CC1. The molecule has 0 radical (unpaired) electrons. The van der Waals surface area contributed by atoms with E-state index in [9.17, 15) is 29.1 Å². The predicted octanol–water partition coefficient (Wildman–Crippen LogP) is 21.4. The Morgan fingerprint density at radius 2 is 0.638 bits per heavy atom. The lowest BCUT2D eigenvalue weighted by atomic mass is 10.0. The molecule has 5 saturated heterocycles. The topological polar surface area (TPSA) is 267 Å². The normalized spacial score (nSPS) is 14.9. The molecule has 5 aliphatic heterocycles. The summed E-state index contributed by atoms with van der Waals surface area (Å²) in [5, 5.41) is 19.8. The van der Waals surface area contributed by atoms with Gasteiger partial charge >= 0.3 is 0 Å². The first kappa shape index (κ1) is 100. The molecule has 1 unspecified atom stereocenters. The van der Waals surface area contributed by atoms with E-state index in [1.165, 1.54) is 36.7 Å². The van der Waals surface area contributed by atoms with Gasteiger partial charge in [-0.05, 0) is 168 Å². The Kier molecular flexibility index (Phi) is 32.6. The van der Waals surface area contributed by atoms with Gasteiger partial charge in [0.15, 0.2) is 0 Å². The average molecular weight is 2040 g/mol. The lowest BCUT2D eigenvalue weighted by molar-refractivity contribution is -0.129. The number of fused-ring (bicyclic) bond motifs is 5. The minimum atomic E-state index is -0.0532. The van der Waals surface area contributed by atoms with E-state index in [2.05, 4.69) is 126 Å². The second kappa shape index (κ2) is 46.0. The van der Waals surface area contributed by atoms with Crippen LogP contribution in [0.25, 0.3) is 110 Å². The molecule has 716 valence electrons. The first-order valence-corrected chi connectivity index (χ1v) is 48.6. The molecule has 141 heavy (non-hydrogen) atoms. The molecule has 5 fully saturated rings. The zero-order valence-corrected chi connectivity index (χ0v) is 82.9. The van der Waals surface area contributed by atoms with E-state index < -0.39 is 0 Å². The third-order valence-electron chi connectivity index (χ3n) is 25.2. The highest BCUT2D eigenvalue weighted by atomic mass is 35.5. The summed E-state index contributed by atoms with van der Waals surface area (Å²) in [6, 6.07) is 59.3. The molecule has 5 aliphatic rings. The Morgan fingerprint density at radius 3 is 1.06 bits per heavy atom. The van der Waals surface area contributed by atoms with E-state index in [1.807, 2.05) is 174 Å². The van der Waals surface area contributed by atoms with Crippen LogP contribution in [0.3, 0.4) is 0 Å². The number of hydrogen-bond acceptors (Lipinski definition) is 21. The number of hydrogen-bond donors (Lipinski definition) is 1. The number of halogens is 8. The van der Waals surface area contributed by atoms with Gasteiger partial charge in [0.2, 0.25) is 29.5 Å². The monoisotopic (exact) mass is 2040 g/mol. The second-order valence-electron chi connectivity index (χ2n) is 33.4. The number of para-hydroxylation sites is 1. The first-order valence-electron chi connectivity index (χ1n) is 45.6. The molecule has 5 amide bonds. The molecule has 0 aliphatic carbocycles. The van der Waals surface area contributed by atoms with E-state index >= 15 is 0 Å². The zero-order valence-electron chi connectivity index (χ0n) is 76.9. The number of carbonyl (C=O) groups excluding carboxylic acids is 5. The second-order valence-corrected chi connectivity index (χ2v) is 36.8. The van der Waals surface area contributed by atoms with Crippen molar-refractivity contribution in [2.75, 3.05) is 149 Å². The van der Waals surface area contributed by atoms with Crippen molar-refractivity contribution in [1.82, 2.24) is 74.3 Å². The molecule has 1 N–H and O–H groups in total. The van der Waals surface area contributed by atoms with Crippen molar-refractivity contribution in [3.8, 4) is 61.4 Å². The highest BCUT2D eigenvalue weighted by Gasteiger charge is 2.33. The maximum Gasteiger partial charge on any atom is 0.246 e. The largest absolute Gasteiger partial charge is 0.507 e. The Morgan fingerprint density at radius 1 is 0.291 bits per heavy atom. The molecule has 0 saturated carbocycles. The third-order valence-corrected chi connectivity index (χ3v) is 27.5. The van der Waals surface area contributed by atoms with Crippen LogP contribution >= 0.6 is 92.8 Å². The van der Waals surface area contributed by atoms with E-state index in [4.69, 9.17) is 92.8 Å². The molecule has 10 heterocycles. The lowest BCUT2D eigenvalue weighted by Gasteiger charge is -2.41. The Hall–Kier alpha value is -13.9. The third kappa shape index (κ3) is 23.1. The number of phenols is 1. The van der Waals surface area contributed by atoms with Gasteiger partial charge in [-0.1, -0.05) is 211 Å². The summed E-state index contributed by atoms with van der Waals surface area (Å²) in [7, 11) is 0. The molecule has 0 spiro atoms. The van der Waals surface area contributed by atoms with Gasteiger partial charge in [0.05, 0.1) is 32.6 Å². The summed E-state index contributed by atoms with van der Waals surface area (Å²) in [5.41, 5.74) is 13.0. The fourth-order valence-electron chi connectivity index (χ4n) is 17.8. The quantitative estimate of drug-likeness (QED) is 0.0881. The Bertz CT molecular complexity index is 7090. The van der Waals surface area contributed by atoms with Crippen LogP contribution in [0.15, 0.2) is 283 Å². The van der Waals surface area contributed by atoms with Crippen molar-refractivity contribution in [1.29, 1.82) is 0 Å². The van der Waals surface area contributed by atoms with Crippen molar-refractivity contribution in [2.24, 2.45) is 0 Å². The number of anilines is 5. The number of amides is 5. The molecule has 10 aromatic carbocycles. The van der Waals surface area contributed by atoms with Gasteiger partial charge in [-0.3, -0.25) is 24.0 Å². The van der Waals surface area contributed by atoms with E-state index in [1.54, 1.807) is 52.1 Å². The maximum atomic E-state index is 12.2. The van der Waals surface area contributed by atoms with Crippen molar-refractivity contribution < 1.29 is 29.1 Å². The fourth-order valence-corrected chi connectivity index (χ4v) is 19.5. The van der Waals surface area contributed by atoms with Crippen LogP contribution in [0.2, 0.25) is 40.2 Å². The van der Waals surface area contributed by atoms with Gasteiger partial charge in [0.25, 0.3) is 0 Å². The lowest BCUT2D eigenvalue weighted by Crippen LogP contribution is -2.55. The number of carbonyl (C=O) groups is 5. The molecule has 5 aromatic heterocycles. The molecule has 1 atom stereocenters. The number of nitrogens with zero attached hydrogens (tertiary/aromatic N) is 20. The van der Waals surface area contributed by atoms with Gasteiger partial charge in [-0.25, -0.2) is 49.8 Å². The molecule has 26 nitrogen and oxygen atoms in total. The van der Waals surface area contributed by atoms with Crippen molar-refractivity contribution in [2.45, 2.75) is 19.4 Å². The number of piperazine rings is 5. The fraction of sp³-hybridized carbons (Fsp3) is 0.206. The predicted molar refractivity (Wildman–Crippen MR) is 571 cm³/mol. The van der Waals surface area contributed by atoms with Crippen molar-refractivity contribution in [3.63, 3.8) is 0 Å². The van der Waals surface area contributed by atoms with Gasteiger partial charge in [0, 0.05) is 226 Å². The van der Waals surface area contributed by atoms with Crippen LogP contribution in [0.5, 0.6) is 5.75 Å². The zero-order chi connectivity index (χ0) is 99.1. The summed E-state index contributed by atoms with van der Waals surface area (Å²) >= 11 is 50.9. The van der Waals surface area contributed by atoms with E-state index in [0.717, 1.165) is 158 Å². The average Bonchev–Trinajstić information content (AvgIpc) is 0.785. The highest BCUT2D eigenvalue weighted by molar-refractivity contribution is 6.38. The summed E-state index contributed by atoms with van der Waals surface area (Å²) in [4.78, 5) is 124. The smallest absolute Gasteiger partial charge is 0.246 e. The molecular weight excluding hydrogens is 1940 g/mol. The van der Waals surface area contributed by atoms with Gasteiger partial charge < -0.3 is 54.1 Å². The van der Waals surface area contributed by atoms with Crippen molar-refractivity contribution >= 4 is 206 Å². The van der Waals surface area contributed by atoms with Crippen LogP contribution in [0, 0.1) is 0 Å². The first-order chi connectivity index (χ1) is 68.4. The van der Waals surface area contributed by atoms with Crippen LogP contribution < -0.4 is 24.5 Å². The van der Waals surface area contributed by atoms with Crippen LogP contribution in [0.4, 0.5) is 29.1 Å². The minimum absolute atomic E-state index is 0.0211. The van der Waals surface area contributed by atoms with E-state index in [0.29, 0.717) is 152 Å². The summed E-state index contributed by atoms with van der Waals surface area (Å²) < 4.78 is 0. The number of aromatic hydroxyl groups is 1. The molecule has 0 bridgehead atoms. The van der Waals surface area contributed by atoms with Gasteiger partial charge in [-0.15, -0.1) is 0 Å². The summed E-state index contributed by atoms with van der Waals surface area (Å²) in [6.45, 7) is 32.6. The number of aromatic nitrogens is 10. The molecule has 15 aromatic rings. The molecule has 20 rings (SSSR count). The maximum absolute atomic E-state index is 12.2. The van der Waals surface area contributed by atoms with E-state index in [-0.39, 0.29) is 41.3 Å². The number of benzene rings is 10. The van der Waals surface area contributed by atoms with Gasteiger partial charge in [0.1, 0.15) is 66.5 Å². The highest BCUT2D eigenvalue weighted by Crippen LogP contribution is 2.43. The molecular formula is C107H96Cl8N20O6. The minimum Gasteiger partial charge on any atom is -0.507 e.